The predicted octanol–water partition coefficient (Wildman–Crippen LogP) is 11.8. The van der Waals surface area contributed by atoms with Crippen molar-refractivity contribution in [2.45, 2.75) is 80.5 Å². The zero-order valence-corrected chi connectivity index (χ0v) is 50.3. The fourth-order valence-corrected chi connectivity index (χ4v) is 7.30. The fraction of sp³-hybridized carbons (Fsp3) is 0.370. The van der Waals surface area contributed by atoms with Gasteiger partial charge in [-0.05, 0) is 166 Å². The first-order valence-electron chi connectivity index (χ1n) is 22.9. The van der Waals surface area contributed by atoms with Crippen LogP contribution in [0.4, 0.5) is 0 Å². The number of hydrogen-bond acceptors (Lipinski definition) is 14. The highest BCUT2D eigenvalue weighted by Gasteiger charge is 2.31. The Kier molecular flexibility index (Phi) is 31.0. The Morgan fingerprint density at radius 1 is 0.579 bits per heavy atom. The second-order valence-corrected chi connectivity index (χ2v) is 21.4. The summed E-state index contributed by atoms with van der Waals surface area (Å²) in [5.74, 6) is -0.468. The smallest absolute Gasteiger partial charge is 0.311 e. The highest BCUT2D eigenvalue weighted by atomic mass is 127. The molecule has 16 nitrogen and oxygen atoms in total. The summed E-state index contributed by atoms with van der Waals surface area (Å²) < 4.78 is 21.1. The van der Waals surface area contributed by atoms with E-state index >= 15 is 0 Å². The molecule has 0 radical (unpaired) electrons. The second-order valence-electron chi connectivity index (χ2n) is 18.4. The number of pyridine rings is 6. The van der Waals surface area contributed by atoms with Gasteiger partial charge in [-0.1, -0.05) is 60.3 Å². The van der Waals surface area contributed by atoms with Gasteiger partial charge in [0.2, 0.25) is 5.56 Å². The quantitative estimate of drug-likeness (QED) is 0.0397. The van der Waals surface area contributed by atoms with E-state index in [9.17, 15) is 28.8 Å². The van der Waals surface area contributed by atoms with Crippen LogP contribution in [0.3, 0.4) is 0 Å². The summed E-state index contributed by atoms with van der Waals surface area (Å²) in [7, 11) is 5.50. The highest BCUT2D eigenvalue weighted by molar-refractivity contribution is 14.1. The van der Waals surface area contributed by atoms with Crippen molar-refractivity contribution >= 4 is 104 Å². The Morgan fingerprint density at radius 2 is 1.03 bits per heavy atom. The van der Waals surface area contributed by atoms with Crippen LogP contribution in [0.1, 0.15) is 77.6 Å². The van der Waals surface area contributed by atoms with Crippen molar-refractivity contribution in [2.24, 2.45) is 22.2 Å². The van der Waals surface area contributed by atoms with Gasteiger partial charge < -0.3 is 23.9 Å². The summed E-state index contributed by atoms with van der Waals surface area (Å²) in [5, 5.41) is 1.85. The van der Waals surface area contributed by atoms with Crippen molar-refractivity contribution < 1.29 is 38.1 Å². The van der Waals surface area contributed by atoms with Crippen molar-refractivity contribution in [1.29, 1.82) is 0 Å². The first kappa shape index (κ1) is 68.6. The molecule has 1 N–H and O–H groups in total. The summed E-state index contributed by atoms with van der Waals surface area (Å²) >= 11 is 30.2. The number of ether oxygens (including phenoxy) is 4. The SMILES string of the molecule is COC(=O)C(C)(C)Cc1cc[nH]c(=O)c1.COC(=O)C(C)(C)Cc1ccn(-c2ccc(Cl)nc2)c(=O)c1.COC(=O)C(C)(C)Cc1ccnc(Cl)c1.COC(=O)C(C)C.ClCc1ccnc(Cl)c1.Clc1ccc(I)cn1. The van der Waals surface area contributed by atoms with Gasteiger partial charge in [-0.25, -0.2) is 19.9 Å². The number of halogens is 6. The molecule has 76 heavy (non-hydrogen) atoms. The largest absolute Gasteiger partial charge is 0.469 e. The maximum Gasteiger partial charge on any atom is 0.311 e. The van der Waals surface area contributed by atoms with Crippen LogP contribution in [0.5, 0.6) is 0 Å². The summed E-state index contributed by atoms with van der Waals surface area (Å²) in [6.07, 6.45) is 11.3. The van der Waals surface area contributed by atoms with Crippen molar-refractivity contribution in [3.05, 3.63) is 177 Å². The van der Waals surface area contributed by atoms with E-state index in [2.05, 4.69) is 52.2 Å². The number of alkyl halides is 1. The second kappa shape index (κ2) is 34.4. The van der Waals surface area contributed by atoms with E-state index in [1.165, 1.54) is 51.3 Å². The van der Waals surface area contributed by atoms with E-state index in [1.54, 1.807) is 115 Å². The summed E-state index contributed by atoms with van der Waals surface area (Å²) in [4.78, 5) is 86.2. The number of nitrogens with zero attached hydrogens (tertiary/aromatic N) is 5. The lowest BCUT2D eigenvalue weighted by Gasteiger charge is -2.21. The van der Waals surface area contributed by atoms with Crippen LogP contribution < -0.4 is 11.1 Å². The Balaban J connectivity index is 0.000000478. The minimum absolute atomic E-state index is 0.00463. The standard InChI is InChI=1S/C16H17ClN2O3.C11H14ClNO2.C11H15NO3.C6H5Cl2N.C5H3ClIN.C5H10O2/c1-16(2,15(21)22-3)9-11-6-7-19(14(20)8-11)12-4-5-13(17)18-10-12;1-11(2,10(14)15-3)7-8-4-5-13-9(12)6-8;1-11(2,10(14)15-3)7-8-4-5-12-9(13)6-8;7-4-5-1-2-9-6(8)3-5;6-5-2-1-4(7)3-8-5;1-4(2)5(6)7-3/h4-8,10H,9H2,1-3H3;4-6H,7H2,1-3H3;4-6H,7H2,1-3H3,(H,12,13);1-3H,4H2;1-3H;4H,1-3H3. The number of nitrogens with one attached hydrogen (secondary N) is 1. The molecular weight excluding hydrogens is 1200 g/mol. The maximum atomic E-state index is 12.2. The van der Waals surface area contributed by atoms with Gasteiger partial charge in [0.15, 0.2) is 0 Å². The van der Waals surface area contributed by atoms with E-state index in [0.717, 1.165) is 25.8 Å². The molecule has 412 valence electrons. The fourth-order valence-electron chi connectivity index (χ4n) is 6.20. The maximum absolute atomic E-state index is 12.2. The van der Waals surface area contributed by atoms with Crippen molar-refractivity contribution in [3.63, 3.8) is 0 Å². The topological polar surface area (TPSA) is 212 Å². The number of carbonyl (C=O) groups is 4. The number of H-pyrrole nitrogens is 1. The van der Waals surface area contributed by atoms with Crippen LogP contribution >= 0.6 is 80.6 Å². The molecule has 22 heteroatoms. The number of aromatic amines is 1. The molecule has 0 amide bonds. The number of hydrogen-bond donors (Lipinski definition) is 1. The monoisotopic (exact) mass is 1260 g/mol. The molecule has 6 aromatic heterocycles. The first-order valence-corrected chi connectivity index (χ1v) is 26.0. The van der Waals surface area contributed by atoms with Gasteiger partial charge in [0.25, 0.3) is 5.56 Å². The van der Waals surface area contributed by atoms with Gasteiger partial charge in [0.1, 0.15) is 20.6 Å². The zero-order chi connectivity index (χ0) is 57.8. The zero-order valence-electron chi connectivity index (χ0n) is 44.4. The molecule has 0 bridgehead atoms. The molecule has 0 aliphatic rings. The molecule has 0 aliphatic carbocycles. The van der Waals surface area contributed by atoms with Crippen molar-refractivity contribution in [3.8, 4) is 5.69 Å². The number of aromatic nitrogens is 6. The molecule has 0 spiro atoms. The van der Waals surface area contributed by atoms with E-state index in [4.69, 9.17) is 72.2 Å². The molecule has 0 saturated carbocycles. The molecule has 0 unspecified atom stereocenters. The van der Waals surface area contributed by atoms with Crippen LogP contribution in [0.25, 0.3) is 5.69 Å². The summed E-state index contributed by atoms with van der Waals surface area (Å²) in [5.41, 5.74) is 2.02. The Morgan fingerprint density at radius 3 is 1.37 bits per heavy atom. The van der Waals surface area contributed by atoms with E-state index in [-0.39, 0.29) is 40.9 Å². The van der Waals surface area contributed by atoms with Crippen LogP contribution in [-0.2, 0) is 63.3 Å². The molecule has 0 saturated heterocycles. The normalized spacial score (nSPS) is 10.6. The third-order valence-electron chi connectivity index (χ3n) is 10.1. The molecule has 0 aromatic carbocycles. The summed E-state index contributed by atoms with van der Waals surface area (Å²) in [6, 6.07) is 20.8. The lowest BCUT2D eigenvalue weighted by molar-refractivity contribution is -0.151. The molecule has 0 atom stereocenters. The van der Waals surface area contributed by atoms with Crippen molar-refractivity contribution in [2.75, 3.05) is 28.4 Å². The lowest BCUT2D eigenvalue weighted by Crippen LogP contribution is -2.29. The molecule has 6 aromatic rings. The van der Waals surface area contributed by atoms with Gasteiger partial charge in [0, 0.05) is 52.6 Å². The van der Waals surface area contributed by atoms with E-state index < -0.39 is 16.2 Å². The average molecular weight is 1260 g/mol. The van der Waals surface area contributed by atoms with E-state index in [1.807, 2.05) is 32.0 Å². The molecule has 0 aliphatic heterocycles. The Hall–Kier alpha value is -5.44. The summed E-state index contributed by atoms with van der Waals surface area (Å²) in [6.45, 7) is 14.4. The minimum Gasteiger partial charge on any atom is -0.469 e. The molecule has 6 heterocycles. The third kappa shape index (κ3) is 26.6. The number of carbonyl (C=O) groups excluding carboxylic acids is 4. The number of rotatable bonds is 12. The van der Waals surface area contributed by atoms with Gasteiger partial charge in [-0.2, -0.15) is 0 Å². The average Bonchev–Trinajstić information content (AvgIpc) is 3.37. The third-order valence-corrected chi connectivity index (χ3v) is 11.9. The Labute approximate surface area is 482 Å². The van der Waals surface area contributed by atoms with Gasteiger partial charge >= 0.3 is 23.9 Å². The molecular formula is C54H64Cl5IN6O10. The van der Waals surface area contributed by atoms with Crippen LogP contribution in [-0.4, -0.2) is 81.8 Å². The number of esters is 4. The van der Waals surface area contributed by atoms with Gasteiger partial charge in [0.05, 0.1) is 62.5 Å². The van der Waals surface area contributed by atoms with Crippen LogP contribution in [0.15, 0.2) is 120 Å². The van der Waals surface area contributed by atoms with Crippen molar-refractivity contribution in [1.82, 2.24) is 29.5 Å². The first-order chi connectivity index (χ1) is 35.5. The van der Waals surface area contributed by atoms with E-state index in [0.29, 0.717) is 51.4 Å². The highest BCUT2D eigenvalue weighted by Crippen LogP contribution is 2.25. The lowest BCUT2D eigenvalue weighted by atomic mass is 9.86. The predicted molar refractivity (Wildman–Crippen MR) is 307 cm³/mol. The van der Waals surface area contributed by atoms with Gasteiger partial charge in [-0.15, -0.1) is 11.6 Å². The molecule has 6 rings (SSSR count). The van der Waals surface area contributed by atoms with Crippen LogP contribution in [0, 0.1) is 25.7 Å². The van der Waals surface area contributed by atoms with Gasteiger partial charge in [-0.3, -0.25) is 33.3 Å². The minimum atomic E-state index is -0.685. The van der Waals surface area contributed by atoms with Crippen LogP contribution in [0.2, 0.25) is 20.6 Å². The Bertz CT molecular complexity index is 2860. The number of methoxy groups -OCH3 is 4. The molecule has 0 fully saturated rings.